The van der Waals surface area contributed by atoms with Gasteiger partial charge in [-0.2, -0.15) is 0 Å². The first kappa shape index (κ1) is 22.7. The van der Waals surface area contributed by atoms with Gasteiger partial charge in [-0.1, -0.05) is 30.3 Å². The summed E-state index contributed by atoms with van der Waals surface area (Å²) in [5, 5.41) is 3.28. The van der Waals surface area contributed by atoms with Crippen LogP contribution in [0.1, 0.15) is 31.2 Å². The Hall–Kier alpha value is -1.63. The van der Waals surface area contributed by atoms with E-state index >= 15 is 0 Å². The van der Waals surface area contributed by atoms with Crippen LogP contribution in [0.4, 0.5) is 0 Å². The number of carbonyl (C=O) groups excluding carboxylic acids is 2. The zero-order chi connectivity index (χ0) is 19.1. The average molecular weight is 410 g/mol. The largest absolute Gasteiger partial charge is 0.368 e. The minimum atomic E-state index is -0.687. The Morgan fingerprint density at radius 2 is 1.64 bits per heavy atom. The summed E-state index contributed by atoms with van der Waals surface area (Å²) >= 11 is 0. The van der Waals surface area contributed by atoms with Crippen molar-refractivity contribution >= 4 is 24.2 Å². The predicted octanol–water partition coefficient (Wildman–Crippen LogP) is 1.87. The third-order valence-corrected chi connectivity index (χ3v) is 5.81. The number of halogens is 1. The van der Waals surface area contributed by atoms with Crippen molar-refractivity contribution in [3.63, 3.8) is 0 Å². The highest BCUT2D eigenvalue weighted by molar-refractivity contribution is 5.86. The number of methoxy groups -OCH3 is 1. The highest BCUT2D eigenvalue weighted by atomic mass is 35.5. The van der Waals surface area contributed by atoms with E-state index in [0.29, 0.717) is 45.4 Å². The predicted molar refractivity (Wildman–Crippen MR) is 112 cm³/mol. The number of benzene rings is 1. The van der Waals surface area contributed by atoms with Crippen LogP contribution in [0.15, 0.2) is 30.3 Å². The number of amides is 2. The van der Waals surface area contributed by atoms with Gasteiger partial charge in [-0.25, -0.2) is 0 Å². The smallest absolute Gasteiger partial charge is 0.255 e. The zero-order valence-electron chi connectivity index (χ0n) is 16.7. The molecular weight excluding hydrogens is 378 g/mol. The Morgan fingerprint density at radius 3 is 2.25 bits per heavy atom. The van der Waals surface area contributed by atoms with Gasteiger partial charge < -0.3 is 19.9 Å². The van der Waals surface area contributed by atoms with E-state index in [4.69, 9.17) is 4.74 Å². The van der Waals surface area contributed by atoms with E-state index in [1.165, 1.54) is 5.56 Å². The molecule has 6 nitrogen and oxygen atoms in total. The summed E-state index contributed by atoms with van der Waals surface area (Å²) in [5.41, 5.74) is 0.583. The van der Waals surface area contributed by atoms with Crippen molar-refractivity contribution in [2.24, 2.45) is 0 Å². The van der Waals surface area contributed by atoms with Gasteiger partial charge in [0, 0.05) is 39.7 Å². The van der Waals surface area contributed by atoms with Crippen LogP contribution in [-0.4, -0.2) is 73.6 Å². The number of piperidine rings is 1. The fourth-order valence-corrected chi connectivity index (χ4v) is 4.03. The Kier molecular flexibility index (Phi) is 8.73. The highest BCUT2D eigenvalue weighted by Gasteiger charge is 2.43. The number of rotatable bonds is 6. The SMILES string of the molecule is COC1(C(=O)N2CCN(C(=O)CCCc3ccccc3)CC2)CCNCC1.Cl. The molecule has 2 aliphatic rings. The lowest BCUT2D eigenvalue weighted by Gasteiger charge is -2.42. The van der Waals surface area contributed by atoms with Gasteiger partial charge in [0.15, 0.2) is 0 Å². The minimum absolute atomic E-state index is 0. The van der Waals surface area contributed by atoms with E-state index in [2.05, 4.69) is 17.4 Å². The number of aryl methyl sites for hydroxylation is 1. The number of nitrogens with one attached hydrogen (secondary N) is 1. The second-order valence-corrected chi connectivity index (χ2v) is 7.46. The fourth-order valence-electron chi connectivity index (χ4n) is 4.03. The molecule has 1 aromatic rings. The summed E-state index contributed by atoms with van der Waals surface area (Å²) in [6, 6.07) is 10.3. The molecule has 1 N–H and O–H groups in total. The van der Waals surface area contributed by atoms with E-state index in [1.54, 1.807) is 7.11 Å². The molecular formula is C21H32ClN3O3. The molecule has 7 heteroatoms. The molecule has 2 heterocycles. The average Bonchev–Trinajstić information content (AvgIpc) is 2.74. The van der Waals surface area contributed by atoms with Gasteiger partial charge >= 0.3 is 0 Å². The van der Waals surface area contributed by atoms with Crippen LogP contribution in [0.3, 0.4) is 0 Å². The molecule has 0 bridgehead atoms. The molecule has 0 aliphatic carbocycles. The van der Waals surface area contributed by atoms with Gasteiger partial charge in [-0.05, 0) is 44.3 Å². The maximum Gasteiger partial charge on any atom is 0.255 e. The number of carbonyl (C=O) groups is 2. The third kappa shape index (κ3) is 5.46. The second kappa shape index (κ2) is 10.8. The molecule has 0 unspecified atom stereocenters. The molecule has 156 valence electrons. The van der Waals surface area contributed by atoms with Gasteiger partial charge in [0.05, 0.1) is 0 Å². The molecule has 2 saturated heterocycles. The molecule has 0 atom stereocenters. The lowest BCUT2D eigenvalue weighted by molar-refractivity contribution is -0.161. The summed E-state index contributed by atoms with van der Waals surface area (Å²) < 4.78 is 5.65. The van der Waals surface area contributed by atoms with Crippen LogP contribution in [0, 0.1) is 0 Å². The Morgan fingerprint density at radius 1 is 1.04 bits per heavy atom. The van der Waals surface area contributed by atoms with Crippen molar-refractivity contribution in [2.45, 2.75) is 37.7 Å². The zero-order valence-corrected chi connectivity index (χ0v) is 17.5. The molecule has 0 aromatic heterocycles. The second-order valence-electron chi connectivity index (χ2n) is 7.46. The Labute approximate surface area is 174 Å². The first-order valence-electron chi connectivity index (χ1n) is 10.0. The fraction of sp³-hybridized carbons (Fsp3) is 0.619. The van der Waals surface area contributed by atoms with E-state index < -0.39 is 5.60 Å². The van der Waals surface area contributed by atoms with E-state index in [1.807, 2.05) is 28.0 Å². The normalized spacial score (nSPS) is 19.0. The standard InChI is InChI=1S/C21H31N3O3.ClH/c1-27-21(10-12-22-13-11-21)20(26)24-16-14-23(15-17-24)19(25)9-5-8-18-6-3-2-4-7-18;/h2-4,6-7,22H,5,8-17H2,1H3;1H. The van der Waals surface area contributed by atoms with Crippen LogP contribution in [0.25, 0.3) is 0 Å². The maximum atomic E-state index is 13.0. The number of piperazine rings is 1. The van der Waals surface area contributed by atoms with Crippen LogP contribution in [-0.2, 0) is 20.7 Å². The molecule has 0 radical (unpaired) electrons. The van der Waals surface area contributed by atoms with Crippen molar-refractivity contribution in [3.05, 3.63) is 35.9 Å². The topological polar surface area (TPSA) is 61.9 Å². The number of hydrogen-bond donors (Lipinski definition) is 1. The van der Waals surface area contributed by atoms with Crippen LogP contribution in [0.2, 0.25) is 0 Å². The summed E-state index contributed by atoms with van der Waals surface area (Å²) in [7, 11) is 1.63. The Bertz CT molecular complexity index is 627. The van der Waals surface area contributed by atoms with Crippen molar-refractivity contribution in [1.29, 1.82) is 0 Å². The van der Waals surface area contributed by atoms with Gasteiger partial charge in [0.25, 0.3) is 5.91 Å². The number of nitrogens with zero attached hydrogens (tertiary/aromatic N) is 2. The maximum absolute atomic E-state index is 13.0. The summed E-state index contributed by atoms with van der Waals surface area (Å²) in [4.78, 5) is 29.2. The summed E-state index contributed by atoms with van der Waals surface area (Å²) in [6.45, 7) is 4.05. The highest BCUT2D eigenvalue weighted by Crippen LogP contribution is 2.26. The molecule has 0 spiro atoms. The lowest BCUT2D eigenvalue weighted by Crippen LogP contribution is -2.59. The first-order chi connectivity index (χ1) is 13.1. The summed E-state index contributed by atoms with van der Waals surface area (Å²) in [5.74, 6) is 0.282. The van der Waals surface area contributed by atoms with Gasteiger partial charge in [-0.15, -0.1) is 12.4 Å². The lowest BCUT2D eigenvalue weighted by atomic mass is 9.90. The molecule has 2 amide bonds. The van der Waals surface area contributed by atoms with Crippen molar-refractivity contribution in [1.82, 2.24) is 15.1 Å². The molecule has 2 fully saturated rings. The third-order valence-electron chi connectivity index (χ3n) is 5.81. The quantitative estimate of drug-likeness (QED) is 0.779. The monoisotopic (exact) mass is 409 g/mol. The van der Waals surface area contributed by atoms with E-state index in [-0.39, 0.29) is 24.2 Å². The minimum Gasteiger partial charge on any atom is -0.368 e. The van der Waals surface area contributed by atoms with E-state index in [9.17, 15) is 9.59 Å². The number of ether oxygens (including phenoxy) is 1. The molecule has 2 aliphatic heterocycles. The van der Waals surface area contributed by atoms with Crippen molar-refractivity contribution in [2.75, 3.05) is 46.4 Å². The summed E-state index contributed by atoms with van der Waals surface area (Å²) in [6.07, 6.45) is 3.77. The van der Waals surface area contributed by atoms with Crippen LogP contribution < -0.4 is 5.32 Å². The number of hydrogen-bond acceptors (Lipinski definition) is 4. The van der Waals surface area contributed by atoms with E-state index in [0.717, 1.165) is 25.9 Å². The van der Waals surface area contributed by atoms with Crippen molar-refractivity contribution < 1.29 is 14.3 Å². The van der Waals surface area contributed by atoms with Gasteiger partial charge in [0.2, 0.25) is 5.91 Å². The van der Waals surface area contributed by atoms with Crippen LogP contribution in [0.5, 0.6) is 0 Å². The molecule has 1 aromatic carbocycles. The van der Waals surface area contributed by atoms with Crippen LogP contribution >= 0.6 is 12.4 Å². The molecule has 3 rings (SSSR count). The molecule has 28 heavy (non-hydrogen) atoms. The Balaban J connectivity index is 0.00000280. The van der Waals surface area contributed by atoms with Gasteiger partial charge in [0.1, 0.15) is 5.60 Å². The molecule has 0 saturated carbocycles. The van der Waals surface area contributed by atoms with Crippen molar-refractivity contribution in [3.8, 4) is 0 Å². The first-order valence-corrected chi connectivity index (χ1v) is 10.0. The van der Waals surface area contributed by atoms with Gasteiger partial charge in [-0.3, -0.25) is 9.59 Å².